The van der Waals surface area contributed by atoms with Gasteiger partial charge in [0.2, 0.25) is 5.90 Å². The molecule has 1 heterocycles. The van der Waals surface area contributed by atoms with E-state index in [0.29, 0.717) is 17.7 Å². The van der Waals surface area contributed by atoms with Crippen molar-refractivity contribution in [2.24, 2.45) is 4.99 Å². The Hall–Kier alpha value is -3.91. The Labute approximate surface area is 192 Å². The molecule has 0 unspecified atom stereocenters. The Bertz CT molecular complexity index is 1340. The van der Waals surface area contributed by atoms with E-state index in [1.54, 1.807) is 49.4 Å². The number of esters is 1. The number of cyclic esters (lactones) is 1. The number of aryl methyl sites for hydroxylation is 1. The van der Waals surface area contributed by atoms with Gasteiger partial charge in [0.25, 0.3) is 0 Å². The van der Waals surface area contributed by atoms with E-state index in [1.807, 2.05) is 25.1 Å². The van der Waals surface area contributed by atoms with Crippen LogP contribution >= 0.6 is 0 Å². The maximum absolute atomic E-state index is 12.7. The number of carbonyl (C=O) groups excluding carboxylic acids is 1. The zero-order chi connectivity index (χ0) is 23.4. The van der Waals surface area contributed by atoms with Gasteiger partial charge in [-0.25, -0.2) is 9.79 Å². The lowest BCUT2D eigenvalue weighted by Crippen LogP contribution is -2.11. The SMILES string of the molecule is CCOc1cc(/C=C2\N=C(c3ccccc3)OC2=O)ccc1OS(=O)(=O)c1ccc(C)cc1. The number of rotatable bonds is 7. The average Bonchev–Trinajstić information content (AvgIpc) is 3.17. The van der Waals surface area contributed by atoms with Crippen molar-refractivity contribution in [1.29, 1.82) is 0 Å². The van der Waals surface area contributed by atoms with Crippen LogP contribution in [0.4, 0.5) is 0 Å². The van der Waals surface area contributed by atoms with Gasteiger partial charge < -0.3 is 13.7 Å². The normalized spacial score (nSPS) is 14.7. The zero-order valence-electron chi connectivity index (χ0n) is 18.0. The number of carbonyl (C=O) groups is 1. The molecule has 0 saturated heterocycles. The van der Waals surface area contributed by atoms with Gasteiger partial charge in [-0.15, -0.1) is 0 Å². The molecule has 33 heavy (non-hydrogen) atoms. The van der Waals surface area contributed by atoms with E-state index in [1.165, 1.54) is 18.2 Å². The Balaban J connectivity index is 1.63. The summed E-state index contributed by atoms with van der Waals surface area (Å²) in [5, 5.41) is 0. The van der Waals surface area contributed by atoms with Crippen LogP contribution in [0.2, 0.25) is 0 Å². The van der Waals surface area contributed by atoms with Crippen LogP contribution in [-0.2, 0) is 19.6 Å². The molecular weight excluding hydrogens is 442 g/mol. The molecule has 1 aliphatic heterocycles. The van der Waals surface area contributed by atoms with Crippen LogP contribution in [0.3, 0.4) is 0 Å². The molecule has 0 bridgehead atoms. The highest BCUT2D eigenvalue weighted by molar-refractivity contribution is 7.87. The molecule has 0 aliphatic carbocycles. The van der Waals surface area contributed by atoms with Gasteiger partial charge >= 0.3 is 16.1 Å². The second-order valence-electron chi connectivity index (χ2n) is 7.19. The summed E-state index contributed by atoms with van der Waals surface area (Å²) >= 11 is 0. The number of aliphatic imine (C=N–C) groups is 1. The number of benzene rings is 3. The maximum atomic E-state index is 12.7. The van der Waals surface area contributed by atoms with E-state index in [4.69, 9.17) is 13.7 Å². The minimum absolute atomic E-state index is 0.0400. The third-order valence-electron chi connectivity index (χ3n) is 4.72. The summed E-state index contributed by atoms with van der Waals surface area (Å²) < 4.78 is 41.6. The minimum Gasteiger partial charge on any atom is -0.490 e. The summed E-state index contributed by atoms with van der Waals surface area (Å²) in [6, 6.07) is 20.1. The molecule has 0 saturated carbocycles. The highest BCUT2D eigenvalue weighted by Crippen LogP contribution is 2.32. The molecule has 3 aromatic rings. The van der Waals surface area contributed by atoms with Crippen molar-refractivity contribution in [2.45, 2.75) is 18.7 Å². The van der Waals surface area contributed by atoms with Crippen molar-refractivity contribution in [2.75, 3.05) is 6.61 Å². The van der Waals surface area contributed by atoms with Crippen molar-refractivity contribution < 1.29 is 26.9 Å². The number of hydrogen-bond acceptors (Lipinski definition) is 7. The van der Waals surface area contributed by atoms with Gasteiger partial charge in [0.1, 0.15) is 4.90 Å². The zero-order valence-corrected chi connectivity index (χ0v) is 18.8. The Morgan fingerprint density at radius 3 is 2.39 bits per heavy atom. The van der Waals surface area contributed by atoms with Crippen molar-refractivity contribution in [3.05, 3.63) is 95.2 Å². The van der Waals surface area contributed by atoms with Gasteiger partial charge in [0, 0.05) is 5.56 Å². The summed E-state index contributed by atoms with van der Waals surface area (Å²) in [7, 11) is -4.04. The average molecular weight is 464 g/mol. The first-order chi connectivity index (χ1) is 15.9. The van der Waals surface area contributed by atoms with E-state index < -0.39 is 16.1 Å². The van der Waals surface area contributed by atoms with Crippen molar-refractivity contribution in [1.82, 2.24) is 0 Å². The van der Waals surface area contributed by atoms with E-state index in [-0.39, 0.29) is 28.0 Å². The smallest absolute Gasteiger partial charge is 0.363 e. The fourth-order valence-corrected chi connectivity index (χ4v) is 4.03. The van der Waals surface area contributed by atoms with Gasteiger partial charge in [0.05, 0.1) is 6.61 Å². The topological polar surface area (TPSA) is 91.3 Å². The van der Waals surface area contributed by atoms with Crippen LogP contribution < -0.4 is 8.92 Å². The predicted molar refractivity (Wildman–Crippen MR) is 124 cm³/mol. The van der Waals surface area contributed by atoms with Gasteiger partial charge in [-0.05, 0) is 61.9 Å². The van der Waals surface area contributed by atoms with E-state index in [9.17, 15) is 13.2 Å². The molecule has 0 amide bonds. The fraction of sp³-hybridized carbons (Fsp3) is 0.120. The highest BCUT2D eigenvalue weighted by atomic mass is 32.2. The second-order valence-corrected chi connectivity index (χ2v) is 8.74. The van der Waals surface area contributed by atoms with Crippen molar-refractivity contribution in [3.8, 4) is 11.5 Å². The first-order valence-electron chi connectivity index (χ1n) is 10.2. The molecule has 3 aromatic carbocycles. The van der Waals surface area contributed by atoms with E-state index >= 15 is 0 Å². The molecule has 1 aliphatic rings. The Kier molecular flexibility index (Phi) is 6.28. The maximum Gasteiger partial charge on any atom is 0.363 e. The summed E-state index contributed by atoms with van der Waals surface area (Å²) in [4.78, 5) is 16.6. The quantitative estimate of drug-likeness (QED) is 0.291. The lowest BCUT2D eigenvalue weighted by atomic mass is 10.1. The Morgan fingerprint density at radius 1 is 0.970 bits per heavy atom. The fourth-order valence-electron chi connectivity index (χ4n) is 3.09. The summed E-state index contributed by atoms with van der Waals surface area (Å²) in [6.45, 7) is 3.93. The van der Waals surface area contributed by atoms with Gasteiger partial charge in [-0.3, -0.25) is 0 Å². The van der Waals surface area contributed by atoms with Gasteiger partial charge in [0.15, 0.2) is 17.2 Å². The van der Waals surface area contributed by atoms with Crippen LogP contribution in [-0.4, -0.2) is 26.9 Å². The molecule has 0 N–H and O–H groups in total. The number of ether oxygens (including phenoxy) is 2. The van der Waals surface area contributed by atoms with Crippen LogP contribution in [0, 0.1) is 6.92 Å². The molecule has 0 radical (unpaired) electrons. The van der Waals surface area contributed by atoms with Gasteiger partial charge in [-0.1, -0.05) is 42.0 Å². The molecule has 0 atom stereocenters. The van der Waals surface area contributed by atoms with Crippen molar-refractivity contribution >= 4 is 28.1 Å². The van der Waals surface area contributed by atoms with E-state index in [0.717, 1.165) is 5.56 Å². The van der Waals surface area contributed by atoms with Crippen LogP contribution in [0.5, 0.6) is 11.5 Å². The van der Waals surface area contributed by atoms with Crippen molar-refractivity contribution in [3.63, 3.8) is 0 Å². The second kappa shape index (κ2) is 9.30. The monoisotopic (exact) mass is 463 g/mol. The van der Waals surface area contributed by atoms with Crippen LogP contribution in [0.15, 0.2) is 88.4 Å². The predicted octanol–water partition coefficient (Wildman–Crippen LogP) is 4.51. The first kappa shape index (κ1) is 22.3. The molecule has 168 valence electrons. The largest absolute Gasteiger partial charge is 0.490 e. The Morgan fingerprint density at radius 2 is 1.70 bits per heavy atom. The molecule has 0 aromatic heterocycles. The molecule has 0 spiro atoms. The first-order valence-corrected chi connectivity index (χ1v) is 11.6. The molecule has 0 fully saturated rings. The van der Waals surface area contributed by atoms with Gasteiger partial charge in [-0.2, -0.15) is 8.42 Å². The third kappa shape index (κ3) is 5.12. The summed E-state index contributed by atoms with van der Waals surface area (Å²) in [5.41, 5.74) is 2.32. The van der Waals surface area contributed by atoms with Crippen LogP contribution in [0.25, 0.3) is 6.08 Å². The third-order valence-corrected chi connectivity index (χ3v) is 5.97. The van der Waals surface area contributed by atoms with Crippen LogP contribution in [0.1, 0.15) is 23.6 Å². The lowest BCUT2D eigenvalue weighted by Gasteiger charge is -2.12. The summed E-state index contributed by atoms with van der Waals surface area (Å²) in [6.07, 6.45) is 1.54. The molecular formula is C25H21NO6S. The highest BCUT2D eigenvalue weighted by Gasteiger charge is 2.24. The number of nitrogens with zero attached hydrogens (tertiary/aromatic N) is 1. The molecule has 7 nitrogen and oxygen atoms in total. The summed E-state index contributed by atoms with van der Waals surface area (Å²) in [5.74, 6) is -0.0849. The lowest BCUT2D eigenvalue weighted by molar-refractivity contribution is -0.129. The standard InChI is InChI=1S/C25H21NO6S/c1-3-30-23-16-18(15-21-25(27)31-24(26-21)19-7-5-4-6-8-19)11-14-22(23)32-33(28,29)20-12-9-17(2)10-13-20/h4-16H,3H2,1-2H3/b21-15-. The molecule has 4 rings (SSSR count). The number of hydrogen-bond donors (Lipinski definition) is 0. The minimum atomic E-state index is -4.04. The van der Waals surface area contributed by atoms with E-state index in [2.05, 4.69) is 4.99 Å². The molecule has 8 heteroatoms.